The van der Waals surface area contributed by atoms with Crippen molar-refractivity contribution >= 4 is 16.0 Å². The molecule has 0 bridgehead atoms. The van der Waals surface area contributed by atoms with Crippen molar-refractivity contribution in [2.45, 2.75) is 6.54 Å². The lowest BCUT2D eigenvalue weighted by Gasteiger charge is -2.25. The SMILES string of the molecule is Cn1cc(CN)c(NS(=O)(=O)N2CCOCC2)n1. The highest BCUT2D eigenvalue weighted by Gasteiger charge is 2.25. The standard InChI is InChI=1S/C9H17N5O3S/c1-13-7-8(6-10)9(11-13)12-18(15,16)14-2-4-17-5-3-14/h7H,2-6,10H2,1H3,(H,11,12). The van der Waals surface area contributed by atoms with Gasteiger partial charge in [0.2, 0.25) is 0 Å². The van der Waals surface area contributed by atoms with Gasteiger partial charge in [-0.05, 0) is 0 Å². The summed E-state index contributed by atoms with van der Waals surface area (Å²) < 4.78 is 34.6. The lowest BCUT2D eigenvalue weighted by Crippen LogP contribution is -2.43. The van der Waals surface area contributed by atoms with E-state index in [9.17, 15) is 8.42 Å². The van der Waals surface area contributed by atoms with Gasteiger partial charge in [0.05, 0.1) is 13.2 Å². The second kappa shape index (κ2) is 5.22. The largest absolute Gasteiger partial charge is 0.379 e. The van der Waals surface area contributed by atoms with E-state index in [1.54, 1.807) is 13.2 Å². The topological polar surface area (TPSA) is 102 Å². The quantitative estimate of drug-likeness (QED) is 0.723. The summed E-state index contributed by atoms with van der Waals surface area (Å²) in [5.74, 6) is 0.284. The molecule has 3 N–H and O–H groups in total. The first-order valence-electron chi connectivity index (χ1n) is 5.61. The molecule has 18 heavy (non-hydrogen) atoms. The van der Waals surface area contributed by atoms with E-state index in [0.29, 0.717) is 31.9 Å². The van der Waals surface area contributed by atoms with Gasteiger partial charge in [-0.2, -0.15) is 17.8 Å². The number of nitrogens with one attached hydrogen (secondary N) is 1. The summed E-state index contributed by atoms with van der Waals surface area (Å²) in [5.41, 5.74) is 6.20. The van der Waals surface area contributed by atoms with Crippen LogP contribution in [0.2, 0.25) is 0 Å². The molecule has 2 rings (SSSR count). The minimum Gasteiger partial charge on any atom is -0.379 e. The van der Waals surface area contributed by atoms with Crippen LogP contribution in [0.1, 0.15) is 5.56 Å². The third kappa shape index (κ3) is 2.80. The van der Waals surface area contributed by atoms with Gasteiger partial charge in [-0.15, -0.1) is 0 Å². The normalized spacial score (nSPS) is 17.9. The van der Waals surface area contributed by atoms with E-state index in [4.69, 9.17) is 10.5 Å². The molecule has 0 unspecified atom stereocenters. The van der Waals surface area contributed by atoms with Crippen LogP contribution in [0.5, 0.6) is 0 Å². The molecule has 0 radical (unpaired) electrons. The molecular weight excluding hydrogens is 258 g/mol. The summed E-state index contributed by atoms with van der Waals surface area (Å²) in [6.07, 6.45) is 1.69. The molecule has 2 heterocycles. The van der Waals surface area contributed by atoms with E-state index in [2.05, 4.69) is 9.82 Å². The molecule has 0 amide bonds. The highest BCUT2D eigenvalue weighted by Crippen LogP contribution is 2.15. The third-order valence-electron chi connectivity index (χ3n) is 2.66. The fourth-order valence-electron chi connectivity index (χ4n) is 1.75. The van der Waals surface area contributed by atoms with E-state index >= 15 is 0 Å². The molecule has 1 aromatic rings. The van der Waals surface area contributed by atoms with E-state index < -0.39 is 10.2 Å². The Bertz CT molecular complexity index is 506. The van der Waals surface area contributed by atoms with Gasteiger partial charge in [0.25, 0.3) is 0 Å². The van der Waals surface area contributed by atoms with Gasteiger partial charge in [0.1, 0.15) is 0 Å². The molecule has 0 atom stereocenters. The first kappa shape index (κ1) is 13.3. The van der Waals surface area contributed by atoms with Gasteiger partial charge < -0.3 is 10.5 Å². The Morgan fingerprint density at radius 1 is 1.50 bits per heavy atom. The molecule has 1 fully saturated rings. The molecule has 102 valence electrons. The number of anilines is 1. The minimum absolute atomic E-state index is 0.231. The smallest absolute Gasteiger partial charge is 0.303 e. The fraction of sp³-hybridized carbons (Fsp3) is 0.667. The Morgan fingerprint density at radius 3 is 2.78 bits per heavy atom. The lowest BCUT2D eigenvalue weighted by atomic mass is 10.3. The number of nitrogens with zero attached hydrogens (tertiary/aromatic N) is 3. The van der Waals surface area contributed by atoms with Crippen molar-refractivity contribution in [1.29, 1.82) is 0 Å². The highest BCUT2D eigenvalue weighted by atomic mass is 32.2. The number of hydrogen-bond donors (Lipinski definition) is 2. The van der Waals surface area contributed by atoms with Gasteiger partial charge in [-0.3, -0.25) is 9.40 Å². The maximum absolute atomic E-state index is 12.1. The summed E-state index contributed by atoms with van der Waals surface area (Å²) in [4.78, 5) is 0. The fourth-order valence-corrected chi connectivity index (χ4v) is 2.92. The molecule has 0 aromatic carbocycles. The van der Waals surface area contributed by atoms with Gasteiger partial charge >= 0.3 is 10.2 Å². The van der Waals surface area contributed by atoms with E-state index in [1.807, 2.05) is 0 Å². The predicted octanol–water partition coefficient (Wildman–Crippen LogP) is -1.13. The number of morpholine rings is 1. The van der Waals surface area contributed by atoms with Crippen molar-refractivity contribution in [2.75, 3.05) is 31.0 Å². The second-order valence-corrected chi connectivity index (χ2v) is 5.67. The number of nitrogens with two attached hydrogens (primary N) is 1. The summed E-state index contributed by atoms with van der Waals surface area (Å²) in [6, 6.07) is 0. The lowest BCUT2D eigenvalue weighted by molar-refractivity contribution is 0.0733. The van der Waals surface area contributed by atoms with E-state index in [1.165, 1.54) is 8.99 Å². The number of rotatable bonds is 4. The Labute approximate surface area is 106 Å². The minimum atomic E-state index is -3.58. The third-order valence-corrected chi connectivity index (χ3v) is 4.16. The Balaban J connectivity index is 2.16. The molecule has 1 aliphatic rings. The van der Waals surface area contributed by atoms with Crippen molar-refractivity contribution in [2.24, 2.45) is 12.8 Å². The van der Waals surface area contributed by atoms with Gasteiger partial charge in [-0.1, -0.05) is 0 Å². The van der Waals surface area contributed by atoms with Crippen LogP contribution >= 0.6 is 0 Å². The van der Waals surface area contributed by atoms with Crippen molar-refractivity contribution in [1.82, 2.24) is 14.1 Å². The number of aromatic nitrogens is 2. The highest BCUT2D eigenvalue weighted by molar-refractivity contribution is 7.90. The van der Waals surface area contributed by atoms with Crippen molar-refractivity contribution < 1.29 is 13.2 Å². The Kier molecular flexibility index (Phi) is 3.85. The van der Waals surface area contributed by atoms with Gasteiger partial charge in [0.15, 0.2) is 5.82 Å². The number of aryl methyl sites for hydroxylation is 1. The predicted molar refractivity (Wildman–Crippen MR) is 66.0 cm³/mol. The monoisotopic (exact) mass is 275 g/mol. The molecule has 0 aliphatic carbocycles. The van der Waals surface area contributed by atoms with Gasteiger partial charge in [-0.25, -0.2) is 0 Å². The first-order valence-corrected chi connectivity index (χ1v) is 7.05. The van der Waals surface area contributed by atoms with Crippen LogP contribution in [0, 0.1) is 0 Å². The Hall–Kier alpha value is -1.16. The molecule has 8 nitrogen and oxygen atoms in total. The van der Waals surface area contributed by atoms with Crippen LogP contribution in [-0.4, -0.2) is 48.8 Å². The molecule has 1 aromatic heterocycles. The Morgan fingerprint density at radius 2 is 2.17 bits per heavy atom. The molecule has 0 spiro atoms. The summed E-state index contributed by atoms with van der Waals surface area (Å²) in [6.45, 7) is 1.74. The number of hydrogen-bond acceptors (Lipinski definition) is 5. The average molecular weight is 275 g/mol. The van der Waals surface area contributed by atoms with Crippen LogP contribution in [-0.2, 0) is 28.5 Å². The average Bonchev–Trinajstić information content (AvgIpc) is 2.70. The molecule has 1 saturated heterocycles. The van der Waals surface area contributed by atoms with Crippen molar-refractivity contribution in [3.63, 3.8) is 0 Å². The van der Waals surface area contributed by atoms with Crippen molar-refractivity contribution in [3.8, 4) is 0 Å². The van der Waals surface area contributed by atoms with Crippen LogP contribution in [0.25, 0.3) is 0 Å². The van der Waals surface area contributed by atoms with Crippen LogP contribution in [0.4, 0.5) is 5.82 Å². The summed E-state index contributed by atoms with van der Waals surface area (Å²) in [5, 5.41) is 4.05. The number of ether oxygens (including phenoxy) is 1. The summed E-state index contributed by atoms with van der Waals surface area (Å²) in [7, 11) is -1.87. The molecule has 9 heteroatoms. The van der Waals surface area contributed by atoms with Crippen LogP contribution < -0.4 is 10.5 Å². The first-order chi connectivity index (χ1) is 8.53. The van der Waals surface area contributed by atoms with E-state index in [-0.39, 0.29) is 12.4 Å². The summed E-state index contributed by atoms with van der Waals surface area (Å²) >= 11 is 0. The van der Waals surface area contributed by atoms with Crippen molar-refractivity contribution in [3.05, 3.63) is 11.8 Å². The van der Waals surface area contributed by atoms with Crippen LogP contribution in [0.15, 0.2) is 6.20 Å². The molecule has 1 aliphatic heterocycles. The molecule has 0 saturated carbocycles. The maximum atomic E-state index is 12.1. The molecular formula is C9H17N5O3S. The second-order valence-electron chi connectivity index (χ2n) is 4.00. The maximum Gasteiger partial charge on any atom is 0.303 e. The zero-order chi connectivity index (χ0) is 13.2. The van der Waals surface area contributed by atoms with Crippen LogP contribution in [0.3, 0.4) is 0 Å². The zero-order valence-corrected chi connectivity index (χ0v) is 11.0. The van der Waals surface area contributed by atoms with Gasteiger partial charge in [0, 0.05) is 38.4 Å². The zero-order valence-electron chi connectivity index (χ0n) is 10.2. The van der Waals surface area contributed by atoms with E-state index in [0.717, 1.165) is 0 Å².